The fraction of sp³-hybridized carbons (Fsp3) is 0.556. The van der Waals surface area contributed by atoms with Gasteiger partial charge in [-0.25, -0.2) is 22.7 Å². The highest BCUT2D eigenvalue weighted by Gasteiger charge is 2.15. The highest BCUT2D eigenvalue weighted by molar-refractivity contribution is 7.92. The van der Waals surface area contributed by atoms with E-state index in [1.807, 2.05) is 13.8 Å². The third kappa shape index (κ3) is 2.89. The van der Waals surface area contributed by atoms with E-state index < -0.39 is 10.0 Å². The Hall–Kier alpha value is -1.17. The molecule has 5 nitrogen and oxygen atoms in total. The minimum Gasteiger partial charge on any atom is -0.241 e. The molecule has 1 aromatic rings. The Morgan fingerprint density at radius 1 is 1.47 bits per heavy atom. The maximum absolute atomic E-state index is 11.2. The summed E-state index contributed by atoms with van der Waals surface area (Å²) in [6, 6.07) is 2.87. The van der Waals surface area contributed by atoms with Crippen LogP contribution in [0.5, 0.6) is 0 Å². The van der Waals surface area contributed by atoms with Crippen LogP contribution in [0, 0.1) is 6.07 Å². The molecule has 0 bridgehead atoms. The van der Waals surface area contributed by atoms with E-state index in [1.54, 1.807) is 0 Å². The lowest BCUT2D eigenvalue weighted by molar-refractivity contribution is 0.599. The Labute approximate surface area is 90.2 Å². The molecule has 0 spiro atoms. The normalized spacial score (nSPS) is 11.8. The number of sulfonamides is 1. The summed E-state index contributed by atoms with van der Waals surface area (Å²) in [4.78, 5) is 7.99. The van der Waals surface area contributed by atoms with E-state index in [2.05, 4.69) is 16.0 Å². The molecule has 0 amide bonds. The van der Waals surface area contributed by atoms with E-state index in [-0.39, 0.29) is 11.9 Å². The van der Waals surface area contributed by atoms with Crippen molar-refractivity contribution >= 4 is 16.0 Å². The SMILES string of the molecule is CC(C)c1[c]cnc(N(C)S(C)(=O)=O)n1. The summed E-state index contributed by atoms with van der Waals surface area (Å²) >= 11 is 0. The second kappa shape index (κ2) is 4.14. The first-order valence-corrected chi connectivity index (χ1v) is 6.35. The Kier molecular flexibility index (Phi) is 3.28. The van der Waals surface area contributed by atoms with Crippen molar-refractivity contribution in [1.82, 2.24) is 9.97 Å². The van der Waals surface area contributed by atoms with E-state index >= 15 is 0 Å². The van der Waals surface area contributed by atoms with E-state index in [1.165, 1.54) is 13.2 Å². The lowest BCUT2D eigenvalue weighted by atomic mass is 10.1. The van der Waals surface area contributed by atoms with Crippen molar-refractivity contribution in [3.8, 4) is 0 Å². The number of aromatic nitrogens is 2. The Morgan fingerprint density at radius 3 is 2.53 bits per heavy atom. The number of rotatable bonds is 3. The average molecular weight is 228 g/mol. The fourth-order valence-electron chi connectivity index (χ4n) is 0.921. The molecule has 83 valence electrons. The van der Waals surface area contributed by atoms with Crippen LogP contribution < -0.4 is 4.31 Å². The number of nitrogens with zero attached hydrogens (tertiary/aromatic N) is 3. The van der Waals surface area contributed by atoms with E-state index in [4.69, 9.17) is 0 Å². The molecule has 1 aromatic heterocycles. The molecule has 0 unspecified atom stereocenters. The summed E-state index contributed by atoms with van der Waals surface area (Å²) in [5.41, 5.74) is 0.704. The third-order valence-electron chi connectivity index (χ3n) is 1.94. The number of hydrogen-bond acceptors (Lipinski definition) is 4. The van der Waals surface area contributed by atoms with Gasteiger partial charge in [-0.3, -0.25) is 0 Å². The van der Waals surface area contributed by atoms with Crippen molar-refractivity contribution in [3.05, 3.63) is 18.0 Å². The van der Waals surface area contributed by atoms with Crippen LogP contribution in [0.15, 0.2) is 6.20 Å². The van der Waals surface area contributed by atoms with Gasteiger partial charge in [0.2, 0.25) is 16.0 Å². The molecule has 0 aromatic carbocycles. The van der Waals surface area contributed by atoms with Crippen LogP contribution >= 0.6 is 0 Å². The van der Waals surface area contributed by atoms with Gasteiger partial charge < -0.3 is 0 Å². The smallest absolute Gasteiger partial charge is 0.239 e. The summed E-state index contributed by atoms with van der Waals surface area (Å²) in [6.07, 6.45) is 2.56. The van der Waals surface area contributed by atoms with Gasteiger partial charge in [-0.1, -0.05) is 13.8 Å². The number of anilines is 1. The molecule has 0 atom stereocenters. The summed E-state index contributed by atoms with van der Waals surface area (Å²) in [7, 11) is -1.88. The van der Waals surface area contributed by atoms with Gasteiger partial charge in [0.25, 0.3) is 0 Å². The standard InChI is InChI=1S/C9H14N3O2S/c1-7(2)8-5-6-10-9(11-8)12(3)15(4,13)14/h6-7H,1-4H3. The topological polar surface area (TPSA) is 63.2 Å². The van der Waals surface area contributed by atoms with Gasteiger partial charge in [0.15, 0.2) is 0 Å². The quantitative estimate of drug-likeness (QED) is 0.767. The molecule has 0 saturated carbocycles. The fourth-order valence-corrected chi connectivity index (χ4v) is 1.31. The van der Waals surface area contributed by atoms with Crippen molar-refractivity contribution in [2.24, 2.45) is 0 Å². The second-order valence-corrected chi connectivity index (χ2v) is 5.60. The van der Waals surface area contributed by atoms with Gasteiger partial charge in [0.05, 0.1) is 11.9 Å². The highest BCUT2D eigenvalue weighted by Crippen LogP contribution is 2.14. The monoisotopic (exact) mass is 228 g/mol. The van der Waals surface area contributed by atoms with Crippen LogP contribution in [-0.4, -0.2) is 31.7 Å². The first kappa shape index (κ1) is 11.9. The molecule has 0 saturated heterocycles. The van der Waals surface area contributed by atoms with Gasteiger partial charge in [-0.15, -0.1) is 0 Å². The van der Waals surface area contributed by atoms with Crippen molar-refractivity contribution in [2.45, 2.75) is 19.8 Å². The van der Waals surface area contributed by atoms with Crippen LogP contribution in [-0.2, 0) is 10.0 Å². The summed E-state index contributed by atoms with van der Waals surface area (Å²) < 4.78 is 23.5. The lowest BCUT2D eigenvalue weighted by Gasteiger charge is -2.15. The Morgan fingerprint density at radius 2 is 2.07 bits per heavy atom. The van der Waals surface area contributed by atoms with Gasteiger partial charge in [0, 0.05) is 19.3 Å². The summed E-state index contributed by atoms with van der Waals surface area (Å²) in [6.45, 7) is 3.92. The minimum atomic E-state index is -3.30. The molecule has 1 heterocycles. The van der Waals surface area contributed by atoms with E-state index in [0.29, 0.717) is 5.69 Å². The molecule has 6 heteroatoms. The van der Waals surface area contributed by atoms with Crippen molar-refractivity contribution < 1.29 is 8.42 Å². The predicted molar refractivity (Wildman–Crippen MR) is 58.2 cm³/mol. The number of hydrogen-bond donors (Lipinski definition) is 0. The Bertz CT molecular complexity index is 442. The molecule has 1 radical (unpaired) electrons. The third-order valence-corrected chi connectivity index (χ3v) is 3.10. The maximum atomic E-state index is 11.2. The molecule has 0 N–H and O–H groups in total. The second-order valence-electron chi connectivity index (χ2n) is 3.58. The molecular formula is C9H14N3O2S. The lowest BCUT2D eigenvalue weighted by Crippen LogP contribution is -2.27. The zero-order valence-electron chi connectivity index (χ0n) is 9.22. The van der Waals surface area contributed by atoms with Crippen LogP contribution in [0.1, 0.15) is 25.5 Å². The van der Waals surface area contributed by atoms with Gasteiger partial charge in [-0.2, -0.15) is 0 Å². The molecule has 0 aliphatic rings. The highest BCUT2D eigenvalue weighted by atomic mass is 32.2. The first-order chi connectivity index (χ1) is 6.82. The van der Waals surface area contributed by atoms with Crippen molar-refractivity contribution in [1.29, 1.82) is 0 Å². The molecule has 1 rings (SSSR count). The zero-order valence-corrected chi connectivity index (χ0v) is 10.0. The minimum absolute atomic E-state index is 0.181. The largest absolute Gasteiger partial charge is 0.241 e. The van der Waals surface area contributed by atoms with Gasteiger partial charge in [-0.05, 0) is 5.92 Å². The van der Waals surface area contributed by atoms with Gasteiger partial charge >= 0.3 is 0 Å². The van der Waals surface area contributed by atoms with Crippen LogP contribution in [0.4, 0.5) is 5.95 Å². The van der Waals surface area contributed by atoms with E-state index in [9.17, 15) is 8.42 Å². The molecular weight excluding hydrogens is 214 g/mol. The van der Waals surface area contributed by atoms with Crippen LogP contribution in [0.2, 0.25) is 0 Å². The Balaban J connectivity index is 3.11. The zero-order chi connectivity index (χ0) is 11.6. The maximum Gasteiger partial charge on any atom is 0.239 e. The summed E-state index contributed by atoms with van der Waals surface area (Å²) in [5.74, 6) is 0.375. The van der Waals surface area contributed by atoms with Gasteiger partial charge in [0.1, 0.15) is 0 Å². The predicted octanol–water partition coefficient (Wildman–Crippen LogP) is 0.796. The van der Waals surface area contributed by atoms with Crippen LogP contribution in [0.3, 0.4) is 0 Å². The van der Waals surface area contributed by atoms with Crippen molar-refractivity contribution in [3.63, 3.8) is 0 Å². The molecule has 0 aliphatic heterocycles. The van der Waals surface area contributed by atoms with E-state index in [0.717, 1.165) is 10.6 Å². The van der Waals surface area contributed by atoms with Crippen molar-refractivity contribution in [2.75, 3.05) is 17.6 Å². The molecule has 15 heavy (non-hydrogen) atoms. The average Bonchev–Trinajstić information content (AvgIpc) is 2.15. The summed E-state index contributed by atoms with van der Waals surface area (Å²) in [5, 5.41) is 0. The molecule has 0 fully saturated rings. The molecule has 0 aliphatic carbocycles. The first-order valence-electron chi connectivity index (χ1n) is 4.51. The van der Waals surface area contributed by atoms with Crippen LogP contribution in [0.25, 0.3) is 0 Å².